The first-order valence-corrected chi connectivity index (χ1v) is 3.84. The molecule has 12 heavy (non-hydrogen) atoms. The van der Waals surface area contributed by atoms with E-state index in [2.05, 4.69) is 25.6 Å². The number of aliphatic hydroxyl groups is 1. The molecule has 68 valence electrons. The molecule has 0 heterocycles. The Morgan fingerprint density at radius 2 is 1.50 bits per heavy atom. The molecule has 0 radical (unpaired) electrons. The highest BCUT2D eigenvalue weighted by molar-refractivity contribution is 5.11. The van der Waals surface area contributed by atoms with Crippen molar-refractivity contribution in [3.8, 4) is 0 Å². The Hall–Kier alpha value is -1.08. The second-order valence-corrected chi connectivity index (χ2v) is 2.06. The maximum atomic E-state index is 7.00. The average Bonchev–Trinajstić information content (AvgIpc) is 2.11. The second kappa shape index (κ2) is 12.6. The van der Waals surface area contributed by atoms with Crippen molar-refractivity contribution in [3.63, 3.8) is 0 Å². The van der Waals surface area contributed by atoms with E-state index in [-0.39, 0.29) is 0 Å². The van der Waals surface area contributed by atoms with Crippen molar-refractivity contribution in [1.82, 2.24) is 0 Å². The van der Waals surface area contributed by atoms with Gasteiger partial charge in [-0.2, -0.15) is 0 Å². The SMILES string of the molecule is C=CC.CO.Cc1ccccc1. The predicted octanol–water partition coefficient (Wildman–Crippen LogP) is 2.80. The smallest absolute Gasteiger partial charge is 0.0319 e. The van der Waals surface area contributed by atoms with Gasteiger partial charge in [-0.1, -0.05) is 42.0 Å². The van der Waals surface area contributed by atoms with Gasteiger partial charge >= 0.3 is 0 Å². The Labute approximate surface area is 75.4 Å². The first kappa shape index (κ1) is 13.5. The Bertz CT molecular complexity index is 168. The van der Waals surface area contributed by atoms with Crippen molar-refractivity contribution in [1.29, 1.82) is 0 Å². The Morgan fingerprint density at radius 1 is 1.17 bits per heavy atom. The normalized spacial score (nSPS) is 6.67. The van der Waals surface area contributed by atoms with Gasteiger partial charge in [-0.15, -0.1) is 6.58 Å². The summed E-state index contributed by atoms with van der Waals surface area (Å²) in [5, 5.41) is 7.00. The minimum absolute atomic E-state index is 1.00. The van der Waals surface area contributed by atoms with E-state index in [1.807, 2.05) is 25.1 Å². The van der Waals surface area contributed by atoms with Crippen LogP contribution in [0, 0.1) is 6.92 Å². The third-order valence-electron chi connectivity index (χ3n) is 0.940. The minimum Gasteiger partial charge on any atom is -0.400 e. The van der Waals surface area contributed by atoms with Gasteiger partial charge in [0.15, 0.2) is 0 Å². The third kappa shape index (κ3) is 11.7. The largest absolute Gasteiger partial charge is 0.400 e. The van der Waals surface area contributed by atoms with Gasteiger partial charge in [0.1, 0.15) is 0 Å². The molecule has 0 bridgehead atoms. The van der Waals surface area contributed by atoms with Crippen molar-refractivity contribution in [3.05, 3.63) is 48.6 Å². The third-order valence-corrected chi connectivity index (χ3v) is 0.940. The summed E-state index contributed by atoms with van der Waals surface area (Å²) < 4.78 is 0. The van der Waals surface area contributed by atoms with E-state index < -0.39 is 0 Å². The summed E-state index contributed by atoms with van der Waals surface area (Å²) in [5.41, 5.74) is 1.32. The standard InChI is InChI=1S/C7H8.C3H6.CH4O/c1-7-5-3-2-4-6-7;1-3-2;1-2/h2-6H,1H3;3H,1H2,2H3;2H,1H3. The fourth-order valence-electron chi connectivity index (χ4n) is 0.534. The van der Waals surface area contributed by atoms with Crippen LogP contribution in [-0.2, 0) is 0 Å². The monoisotopic (exact) mass is 166 g/mol. The number of benzene rings is 1. The number of aliphatic hydroxyl groups excluding tert-OH is 1. The molecule has 0 saturated heterocycles. The summed E-state index contributed by atoms with van der Waals surface area (Å²) in [6, 6.07) is 10.3. The molecule has 1 rings (SSSR count). The number of hydrogen-bond acceptors (Lipinski definition) is 1. The van der Waals surface area contributed by atoms with Gasteiger partial charge in [-0.25, -0.2) is 0 Å². The molecule has 0 aliphatic heterocycles. The van der Waals surface area contributed by atoms with Gasteiger partial charge in [0.05, 0.1) is 0 Å². The molecule has 1 aromatic carbocycles. The highest BCUT2D eigenvalue weighted by Gasteiger charge is 1.72. The molecule has 1 nitrogen and oxygen atoms in total. The van der Waals surface area contributed by atoms with Crippen LogP contribution in [0.2, 0.25) is 0 Å². The van der Waals surface area contributed by atoms with Crippen molar-refractivity contribution in [2.75, 3.05) is 7.11 Å². The molecule has 0 fully saturated rings. The molecular weight excluding hydrogens is 148 g/mol. The van der Waals surface area contributed by atoms with Gasteiger partial charge in [-0.3, -0.25) is 0 Å². The number of rotatable bonds is 0. The number of hydrogen-bond donors (Lipinski definition) is 1. The molecule has 1 heteroatoms. The van der Waals surface area contributed by atoms with Crippen LogP contribution in [0.15, 0.2) is 43.0 Å². The first-order chi connectivity index (χ1) is 5.81. The van der Waals surface area contributed by atoms with E-state index in [0.717, 1.165) is 7.11 Å². The molecule has 0 atom stereocenters. The molecule has 0 aromatic heterocycles. The van der Waals surface area contributed by atoms with Crippen molar-refractivity contribution in [2.45, 2.75) is 13.8 Å². The molecular formula is C11H18O. The molecule has 0 aliphatic rings. The van der Waals surface area contributed by atoms with Crippen LogP contribution >= 0.6 is 0 Å². The first-order valence-electron chi connectivity index (χ1n) is 3.84. The molecule has 0 saturated carbocycles. The Kier molecular flexibility index (Phi) is 14.2. The average molecular weight is 166 g/mol. The van der Waals surface area contributed by atoms with Crippen LogP contribution in [0.5, 0.6) is 0 Å². The zero-order chi connectivity index (χ0) is 9.82. The molecule has 0 unspecified atom stereocenters. The van der Waals surface area contributed by atoms with Crippen LogP contribution in [-0.4, -0.2) is 12.2 Å². The lowest BCUT2D eigenvalue weighted by Gasteiger charge is -1.82. The topological polar surface area (TPSA) is 20.2 Å². The number of allylic oxidation sites excluding steroid dienone is 1. The lowest BCUT2D eigenvalue weighted by Crippen LogP contribution is -1.62. The van der Waals surface area contributed by atoms with Crippen molar-refractivity contribution in [2.24, 2.45) is 0 Å². The van der Waals surface area contributed by atoms with Gasteiger partial charge in [-0.05, 0) is 13.8 Å². The summed E-state index contributed by atoms with van der Waals surface area (Å²) in [6.07, 6.45) is 1.75. The van der Waals surface area contributed by atoms with E-state index in [4.69, 9.17) is 5.11 Å². The molecule has 1 N–H and O–H groups in total. The second-order valence-electron chi connectivity index (χ2n) is 2.06. The molecule has 1 aromatic rings. The van der Waals surface area contributed by atoms with Crippen LogP contribution < -0.4 is 0 Å². The fourth-order valence-corrected chi connectivity index (χ4v) is 0.534. The highest BCUT2D eigenvalue weighted by atomic mass is 16.2. The summed E-state index contributed by atoms with van der Waals surface area (Å²) >= 11 is 0. The summed E-state index contributed by atoms with van der Waals surface area (Å²) in [6.45, 7) is 7.33. The summed E-state index contributed by atoms with van der Waals surface area (Å²) in [5.74, 6) is 0. The van der Waals surface area contributed by atoms with E-state index in [0.29, 0.717) is 0 Å². The van der Waals surface area contributed by atoms with Crippen molar-refractivity contribution >= 4 is 0 Å². The molecule has 0 spiro atoms. The molecule has 0 aliphatic carbocycles. The minimum atomic E-state index is 1.00. The quantitative estimate of drug-likeness (QED) is 0.587. The summed E-state index contributed by atoms with van der Waals surface area (Å²) in [4.78, 5) is 0. The van der Waals surface area contributed by atoms with Gasteiger partial charge in [0.2, 0.25) is 0 Å². The molecule has 0 amide bonds. The van der Waals surface area contributed by atoms with E-state index in [9.17, 15) is 0 Å². The van der Waals surface area contributed by atoms with Crippen LogP contribution in [0.1, 0.15) is 12.5 Å². The van der Waals surface area contributed by atoms with Crippen LogP contribution in [0.25, 0.3) is 0 Å². The lowest BCUT2D eigenvalue weighted by atomic mass is 10.2. The zero-order valence-electron chi connectivity index (χ0n) is 8.12. The Balaban J connectivity index is 0. The van der Waals surface area contributed by atoms with E-state index >= 15 is 0 Å². The van der Waals surface area contributed by atoms with Crippen molar-refractivity contribution < 1.29 is 5.11 Å². The zero-order valence-corrected chi connectivity index (χ0v) is 8.12. The van der Waals surface area contributed by atoms with Crippen LogP contribution in [0.4, 0.5) is 0 Å². The maximum Gasteiger partial charge on any atom is 0.0319 e. The van der Waals surface area contributed by atoms with Gasteiger partial charge in [0, 0.05) is 7.11 Å². The van der Waals surface area contributed by atoms with Crippen LogP contribution in [0.3, 0.4) is 0 Å². The van der Waals surface area contributed by atoms with E-state index in [1.54, 1.807) is 6.08 Å². The lowest BCUT2D eigenvalue weighted by molar-refractivity contribution is 0.399. The Morgan fingerprint density at radius 3 is 1.67 bits per heavy atom. The fraction of sp³-hybridized carbons (Fsp3) is 0.273. The summed E-state index contributed by atoms with van der Waals surface area (Å²) in [7, 11) is 1.00. The van der Waals surface area contributed by atoms with Gasteiger partial charge < -0.3 is 5.11 Å². The van der Waals surface area contributed by atoms with Gasteiger partial charge in [0.25, 0.3) is 0 Å². The number of aryl methyl sites for hydroxylation is 1. The maximum absolute atomic E-state index is 7.00. The predicted molar refractivity (Wildman–Crippen MR) is 55.2 cm³/mol. The van der Waals surface area contributed by atoms with E-state index in [1.165, 1.54) is 5.56 Å². The highest BCUT2D eigenvalue weighted by Crippen LogP contribution is 1.92.